The largest absolute Gasteiger partial charge is 0.408 e. The Morgan fingerprint density at radius 2 is 2.03 bits per heavy atom. The third-order valence-corrected chi connectivity index (χ3v) is 9.83. The van der Waals surface area contributed by atoms with E-state index in [4.69, 9.17) is 16.6 Å². The van der Waals surface area contributed by atoms with Gasteiger partial charge in [0.1, 0.15) is 18.4 Å². The van der Waals surface area contributed by atoms with Gasteiger partial charge in [0.15, 0.2) is 10.8 Å². The highest BCUT2D eigenvalue weighted by molar-refractivity contribution is 7.90. The van der Waals surface area contributed by atoms with Crippen LogP contribution >= 0.6 is 22.9 Å². The van der Waals surface area contributed by atoms with Crippen molar-refractivity contribution < 1.29 is 26.0 Å². The minimum Gasteiger partial charge on any atom is -0.326 e. The van der Waals surface area contributed by atoms with Crippen LogP contribution < -0.4 is 4.72 Å². The molecule has 1 aliphatic carbocycles. The molecule has 206 valence electrons. The highest BCUT2D eigenvalue weighted by Crippen LogP contribution is 2.46. The number of thiazole rings is 1. The molecule has 6 rings (SSSR count). The lowest BCUT2D eigenvalue weighted by Crippen LogP contribution is -2.40. The molecule has 2 aliphatic heterocycles. The normalized spacial score (nSPS) is 21.9. The first kappa shape index (κ1) is 26.4. The second-order valence-electron chi connectivity index (χ2n) is 9.63. The van der Waals surface area contributed by atoms with Gasteiger partial charge in [-0.3, -0.25) is 9.67 Å². The van der Waals surface area contributed by atoms with E-state index in [0.29, 0.717) is 46.1 Å². The first-order chi connectivity index (χ1) is 18.5. The molecule has 1 N–H and O–H groups in total. The number of fused-ring (bicyclic) bond motifs is 1. The van der Waals surface area contributed by atoms with Crippen LogP contribution in [0.15, 0.2) is 52.9 Å². The number of hydrogen-bond donors (Lipinski definition) is 1. The summed E-state index contributed by atoms with van der Waals surface area (Å²) in [5.74, 6) is -0.0714. The number of nitrogens with zero attached hydrogens (tertiary/aromatic N) is 5. The van der Waals surface area contributed by atoms with Crippen molar-refractivity contribution in [3.8, 4) is 0 Å². The van der Waals surface area contributed by atoms with Gasteiger partial charge in [0, 0.05) is 58.6 Å². The molecular formula is C24H21ClF4N6O2S2. The predicted molar refractivity (Wildman–Crippen MR) is 138 cm³/mol. The van der Waals surface area contributed by atoms with E-state index in [9.17, 15) is 26.0 Å². The Hall–Kier alpha value is -2.81. The quantitative estimate of drug-likeness (QED) is 0.395. The summed E-state index contributed by atoms with van der Waals surface area (Å²) < 4.78 is 82.4. The van der Waals surface area contributed by atoms with Crippen molar-refractivity contribution >= 4 is 44.4 Å². The van der Waals surface area contributed by atoms with Gasteiger partial charge in [-0.1, -0.05) is 17.7 Å². The molecule has 2 atom stereocenters. The Balaban J connectivity index is 1.49. The van der Waals surface area contributed by atoms with Gasteiger partial charge in [-0.05, 0) is 30.5 Å². The van der Waals surface area contributed by atoms with E-state index in [2.05, 4.69) is 14.8 Å². The first-order valence-electron chi connectivity index (χ1n) is 12.0. The van der Waals surface area contributed by atoms with Gasteiger partial charge in [-0.2, -0.15) is 18.3 Å². The third kappa shape index (κ3) is 5.34. The SMILES string of the molecule is O=S(=O)(N[C@H]1CC2=C(c3cnn(CC(F)(F)F)c3)[C@H](c3ccc(F)cc3Cl)N=C(c3nccs3)N2C1)C1CC1. The van der Waals surface area contributed by atoms with Crippen molar-refractivity contribution in [1.82, 2.24) is 24.4 Å². The topological polar surface area (TPSA) is 92.5 Å². The maximum atomic E-state index is 14.0. The maximum absolute atomic E-state index is 14.0. The predicted octanol–water partition coefficient (Wildman–Crippen LogP) is 4.76. The van der Waals surface area contributed by atoms with Gasteiger partial charge < -0.3 is 4.90 Å². The number of amidine groups is 1. The number of hydrogen-bond acceptors (Lipinski definition) is 7. The molecule has 3 aromatic rings. The third-order valence-electron chi connectivity index (χ3n) is 6.72. The summed E-state index contributed by atoms with van der Waals surface area (Å²) in [6.45, 7) is -1.03. The molecule has 3 aliphatic rings. The number of nitrogens with one attached hydrogen (secondary N) is 1. The Morgan fingerprint density at radius 1 is 1.23 bits per heavy atom. The Morgan fingerprint density at radius 3 is 2.69 bits per heavy atom. The van der Waals surface area contributed by atoms with Crippen molar-refractivity contribution in [3.05, 3.63) is 74.8 Å². The van der Waals surface area contributed by atoms with E-state index < -0.39 is 45.9 Å². The molecular weight excluding hydrogens is 580 g/mol. The average Bonchev–Trinajstić information content (AvgIpc) is 3.21. The first-order valence-corrected chi connectivity index (χ1v) is 14.8. The maximum Gasteiger partial charge on any atom is 0.408 e. The second kappa shape index (κ2) is 9.68. The molecule has 0 spiro atoms. The monoisotopic (exact) mass is 600 g/mol. The molecule has 0 bridgehead atoms. The molecule has 0 radical (unpaired) electrons. The fraction of sp³-hybridized carbons (Fsp3) is 0.375. The molecule has 8 nitrogen and oxygen atoms in total. The highest BCUT2D eigenvalue weighted by atomic mass is 35.5. The Bertz CT molecular complexity index is 1580. The van der Waals surface area contributed by atoms with Crippen LogP contribution in [0.3, 0.4) is 0 Å². The number of alkyl halides is 3. The highest BCUT2D eigenvalue weighted by Gasteiger charge is 2.44. The molecule has 4 heterocycles. The van der Waals surface area contributed by atoms with E-state index in [1.54, 1.807) is 11.6 Å². The van der Waals surface area contributed by atoms with Crippen LogP contribution in [-0.4, -0.2) is 57.9 Å². The van der Waals surface area contributed by atoms with E-state index in [0.717, 1.165) is 10.7 Å². The lowest BCUT2D eigenvalue weighted by Gasteiger charge is -2.32. The Labute approximate surface area is 230 Å². The summed E-state index contributed by atoms with van der Waals surface area (Å²) in [5, 5.41) is 5.95. The molecule has 2 aromatic heterocycles. The molecule has 39 heavy (non-hydrogen) atoms. The number of aromatic nitrogens is 3. The van der Waals surface area contributed by atoms with E-state index in [-0.39, 0.29) is 18.0 Å². The summed E-state index contributed by atoms with van der Waals surface area (Å²) in [4.78, 5) is 11.2. The average molecular weight is 601 g/mol. The van der Waals surface area contributed by atoms with E-state index in [1.807, 2.05) is 4.90 Å². The molecule has 1 aromatic carbocycles. The summed E-state index contributed by atoms with van der Waals surface area (Å²) in [6, 6.07) is 2.55. The second-order valence-corrected chi connectivity index (χ2v) is 12.9. The zero-order valence-electron chi connectivity index (χ0n) is 20.1. The smallest absolute Gasteiger partial charge is 0.326 e. The van der Waals surface area contributed by atoms with Crippen molar-refractivity contribution in [2.75, 3.05) is 6.54 Å². The zero-order valence-corrected chi connectivity index (χ0v) is 22.5. The van der Waals surface area contributed by atoms with Gasteiger partial charge in [-0.25, -0.2) is 22.5 Å². The molecule has 2 fully saturated rings. The van der Waals surface area contributed by atoms with Crippen LogP contribution in [0.4, 0.5) is 17.6 Å². The van der Waals surface area contributed by atoms with Crippen LogP contribution in [0.2, 0.25) is 5.02 Å². The van der Waals surface area contributed by atoms with Gasteiger partial charge in [0.25, 0.3) is 0 Å². The van der Waals surface area contributed by atoms with Crippen LogP contribution in [0.1, 0.15) is 41.4 Å². The molecule has 15 heteroatoms. The molecule has 1 saturated heterocycles. The standard InChI is InChI=1S/C24H21ClF4N6O2S2/c25-18-7-14(26)1-4-17(18)21-20(13-9-31-34(10-13)12-24(27,28)29)19-8-15(33-39(36,37)16-2-3-16)11-35(19)22(32-21)23-30-5-6-38-23/h1,4-7,9-10,15-16,21,33H,2-3,8,11-12H2/t15-,21-/m0/s1. The number of benzene rings is 1. The van der Waals surface area contributed by atoms with E-state index in [1.165, 1.54) is 35.9 Å². The number of aliphatic imine (C=N–C) groups is 1. The van der Waals surface area contributed by atoms with Crippen molar-refractivity contribution in [1.29, 1.82) is 0 Å². The van der Waals surface area contributed by atoms with Crippen LogP contribution in [0.5, 0.6) is 0 Å². The van der Waals surface area contributed by atoms with Crippen LogP contribution in [-0.2, 0) is 16.6 Å². The minimum atomic E-state index is -4.48. The van der Waals surface area contributed by atoms with Crippen molar-refractivity contribution in [2.45, 2.75) is 49.3 Å². The fourth-order valence-corrected chi connectivity index (χ4v) is 7.44. The lowest BCUT2D eigenvalue weighted by atomic mass is 9.91. The lowest BCUT2D eigenvalue weighted by molar-refractivity contribution is -0.142. The molecule has 0 unspecified atom stereocenters. The summed E-state index contributed by atoms with van der Waals surface area (Å²) in [6.07, 6.45) is 1.21. The summed E-state index contributed by atoms with van der Waals surface area (Å²) in [5.41, 5.74) is 2.00. The van der Waals surface area contributed by atoms with Crippen molar-refractivity contribution in [2.24, 2.45) is 4.99 Å². The van der Waals surface area contributed by atoms with Crippen molar-refractivity contribution in [3.63, 3.8) is 0 Å². The summed E-state index contributed by atoms with van der Waals surface area (Å²) >= 11 is 7.80. The molecule has 1 saturated carbocycles. The zero-order chi connectivity index (χ0) is 27.5. The van der Waals surface area contributed by atoms with Gasteiger partial charge in [-0.15, -0.1) is 11.3 Å². The van der Waals surface area contributed by atoms with E-state index >= 15 is 0 Å². The number of halogens is 5. The number of sulfonamides is 1. The molecule has 0 amide bonds. The fourth-order valence-electron chi connectivity index (χ4n) is 4.96. The van der Waals surface area contributed by atoms with Gasteiger partial charge in [0.05, 0.1) is 11.4 Å². The Kier molecular flexibility index (Phi) is 6.56. The van der Waals surface area contributed by atoms with Gasteiger partial charge in [0.2, 0.25) is 10.0 Å². The minimum absolute atomic E-state index is 0.0976. The number of rotatable bonds is 7. The van der Waals surface area contributed by atoms with Crippen LogP contribution in [0, 0.1) is 5.82 Å². The van der Waals surface area contributed by atoms with Gasteiger partial charge >= 0.3 is 6.18 Å². The summed E-state index contributed by atoms with van der Waals surface area (Å²) in [7, 11) is -3.52. The van der Waals surface area contributed by atoms with Crippen LogP contribution in [0.25, 0.3) is 5.57 Å².